The number of aliphatic hydroxyl groups is 1. The number of fused-ring (bicyclic) bond motifs is 2. The van der Waals surface area contributed by atoms with Crippen LogP contribution in [-0.2, 0) is 38.1 Å². The lowest BCUT2D eigenvalue weighted by atomic mass is 9.73. The second-order valence-electron chi connectivity index (χ2n) is 16.9. The molecule has 57 heavy (non-hydrogen) atoms. The number of alkyl carbamates (subject to hydrolysis) is 1. The fourth-order valence-electron chi connectivity index (χ4n) is 8.88. The molecular formula is C43H60ClN3O10. The molecule has 314 valence electrons. The van der Waals surface area contributed by atoms with Crippen LogP contribution in [0.3, 0.4) is 0 Å². The molecule has 2 N–H and O–H groups in total. The van der Waals surface area contributed by atoms with Crippen molar-refractivity contribution in [2.24, 2.45) is 23.7 Å². The molecule has 0 radical (unpaired) electrons. The standard InChI is InChI=1S/C43H60ClN3O10/c1-11-13-33-43(8)37(46-41(52)57-43)25(4)34(48)23(2)21-42(7,53-17-12-14-28-19-29-20-30(44)15-16-31(29)45-22-28)38(26(5)35(49)27(6)39(51)55-33)56-40-36(50)32(47(9)10)18-24(3)54-40/h12,14-16,19-20,22-27,32-33,36-38,40,50H,11,13,17-18,21H2,1-10H3,(H,46,52)/b14-12+/t23-,24-,25+,26+,27-,32+,33-,36-,37+,38-,40+,42-,43-/m1/s1. The number of carbonyl (C=O) groups is 4. The van der Waals surface area contributed by atoms with Crippen molar-refractivity contribution >= 4 is 52.2 Å². The van der Waals surface area contributed by atoms with Gasteiger partial charge < -0.3 is 39.0 Å². The van der Waals surface area contributed by atoms with Gasteiger partial charge in [0.05, 0.1) is 36.0 Å². The molecule has 1 amide bonds. The lowest BCUT2D eigenvalue weighted by molar-refractivity contribution is -0.296. The first-order valence-electron chi connectivity index (χ1n) is 20.1. The minimum atomic E-state index is -1.39. The average molecular weight is 814 g/mol. The van der Waals surface area contributed by atoms with Gasteiger partial charge in [0.15, 0.2) is 17.7 Å². The van der Waals surface area contributed by atoms with Gasteiger partial charge in [-0.05, 0) is 90.9 Å². The van der Waals surface area contributed by atoms with Crippen LogP contribution >= 0.6 is 11.6 Å². The Hall–Kier alpha value is -3.46. The Kier molecular flexibility index (Phi) is 14.3. The Morgan fingerprint density at radius 1 is 1.05 bits per heavy atom. The zero-order chi connectivity index (χ0) is 42.0. The Morgan fingerprint density at radius 3 is 2.46 bits per heavy atom. The number of aliphatic hydroxyl groups excluding tert-OH is 1. The minimum absolute atomic E-state index is 0.0347. The summed E-state index contributed by atoms with van der Waals surface area (Å²) in [5.41, 5.74) is -1.16. The molecule has 0 unspecified atom stereocenters. The SMILES string of the molecule is CCC[C@H]1OC(=O)[C@H](C)C(=O)[C@H](C)[C@@H](O[C@@H]2O[C@H](C)C[C@H](N(C)C)[C@H]2O)[C@](C)(OC/C=C/c2cnc3ccc(Cl)cc3c2)C[C@@H](C)C(=O)[C@H](C)[C@@H]2NC(=O)O[C@]12C. The first-order valence-corrected chi connectivity index (χ1v) is 20.5. The van der Waals surface area contributed by atoms with Gasteiger partial charge in [0, 0.05) is 40.4 Å². The number of aromatic nitrogens is 1. The van der Waals surface area contributed by atoms with Gasteiger partial charge >= 0.3 is 12.1 Å². The van der Waals surface area contributed by atoms with E-state index in [-0.39, 0.29) is 31.0 Å². The van der Waals surface area contributed by atoms with E-state index < -0.39 is 83.4 Å². The van der Waals surface area contributed by atoms with E-state index in [0.29, 0.717) is 24.3 Å². The van der Waals surface area contributed by atoms with Crippen LogP contribution in [0.1, 0.15) is 86.6 Å². The molecular weight excluding hydrogens is 754 g/mol. The van der Waals surface area contributed by atoms with Crippen LogP contribution in [0.25, 0.3) is 17.0 Å². The van der Waals surface area contributed by atoms with Crippen molar-refractivity contribution < 1.29 is 48.0 Å². The number of rotatable bonds is 9. The first kappa shape index (κ1) is 44.6. The normalized spacial score (nSPS) is 37.2. The van der Waals surface area contributed by atoms with Crippen molar-refractivity contribution in [1.29, 1.82) is 0 Å². The number of carbonyl (C=O) groups excluding carboxylic acids is 4. The third-order valence-corrected chi connectivity index (χ3v) is 12.4. The number of nitrogens with one attached hydrogen (secondary N) is 1. The number of hydrogen-bond acceptors (Lipinski definition) is 12. The molecule has 1 aromatic carbocycles. The number of cyclic esters (lactones) is 1. The number of pyridine rings is 1. The van der Waals surface area contributed by atoms with Crippen LogP contribution in [0.15, 0.2) is 36.5 Å². The van der Waals surface area contributed by atoms with E-state index in [0.717, 1.165) is 16.5 Å². The molecule has 0 spiro atoms. The van der Waals surface area contributed by atoms with Gasteiger partial charge in [0.2, 0.25) is 0 Å². The zero-order valence-corrected chi connectivity index (χ0v) is 35.6. The lowest BCUT2D eigenvalue weighted by Crippen LogP contribution is -2.60. The number of halogens is 1. The summed E-state index contributed by atoms with van der Waals surface area (Å²) in [5, 5.41) is 15.9. The van der Waals surface area contributed by atoms with Crippen LogP contribution < -0.4 is 5.32 Å². The summed E-state index contributed by atoms with van der Waals surface area (Å²) in [6.07, 6.45) is 1.61. The molecule has 0 bridgehead atoms. The molecule has 5 rings (SSSR count). The summed E-state index contributed by atoms with van der Waals surface area (Å²) in [4.78, 5) is 62.2. The fourth-order valence-corrected chi connectivity index (χ4v) is 9.06. The quantitative estimate of drug-likeness (QED) is 0.220. The molecule has 13 nitrogen and oxygen atoms in total. The monoisotopic (exact) mass is 813 g/mol. The van der Waals surface area contributed by atoms with Gasteiger partial charge in [0.1, 0.15) is 23.9 Å². The Labute approximate surface area is 341 Å². The predicted octanol–water partition coefficient (Wildman–Crippen LogP) is 6.15. The van der Waals surface area contributed by atoms with E-state index in [1.807, 2.05) is 63.2 Å². The Balaban J connectivity index is 1.56. The lowest BCUT2D eigenvalue weighted by Gasteiger charge is -2.47. The van der Waals surface area contributed by atoms with Crippen molar-refractivity contribution in [2.75, 3.05) is 20.7 Å². The maximum absolute atomic E-state index is 14.5. The molecule has 1 aromatic heterocycles. The van der Waals surface area contributed by atoms with E-state index in [9.17, 15) is 24.3 Å². The van der Waals surface area contributed by atoms with Crippen LogP contribution in [-0.4, -0.2) is 113 Å². The number of benzene rings is 1. The number of ketones is 2. The van der Waals surface area contributed by atoms with Gasteiger partial charge in [-0.3, -0.25) is 19.4 Å². The van der Waals surface area contributed by atoms with Gasteiger partial charge in [-0.2, -0.15) is 0 Å². The third-order valence-electron chi connectivity index (χ3n) is 12.1. The van der Waals surface area contributed by atoms with E-state index in [1.54, 1.807) is 46.9 Å². The van der Waals surface area contributed by atoms with E-state index >= 15 is 0 Å². The van der Waals surface area contributed by atoms with Gasteiger partial charge in [-0.1, -0.05) is 57.9 Å². The highest BCUT2D eigenvalue weighted by Gasteiger charge is 2.57. The number of nitrogens with zero attached hydrogens (tertiary/aromatic N) is 2. The predicted molar refractivity (Wildman–Crippen MR) is 215 cm³/mol. The first-order chi connectivity index (χ1) is 26.8. The molecule has 3 aliphatic heterocycles. The summed E-state index contributed by atoms with van der Waals surface area (Å²) in [6, 6.07) is 6.28. The van der Waals surface area contributed by atoms with Gasteiger partial charge in [-0.15, -0.1) is 0 Å². The highest BCUT2D eigenvalue weighted by Crippen LogP contribution is 2.41. The molecule has 2 aromatic rings. The Morgan fingerprint density at radius 2 is 1.77 bits per heavy atom. The molecule has 0 aliphatic carbocycles. The summed E-state index contributed by atoms with van der Waals surface area (Å²) >= 11 is 6.23. The van der Waals surface area contributed by atoms with Gasteiger partial charge in [-0.25, -0.2) is 4.79 Å². The maximum atomic E-state index is 14.5. The van der Waals surface area contributed by atoms with Crippen molar-refractivity contribution in [3.63, 3.8) is 0 Å². The number of likely N-dealkylation sites (N-methyl/N-ethyl adjacent to an activating group) is 1. The molecule has 0 saturated carbocycles. The topological polar surface area (TPSA) is 163 Å². The van der Waals surface area contributed by atoms with Crippen LogP contribution in [0.2, 0.25) is 5.02 Å². The second kappa shape index (κ2) is 18.2. The van der Waals surface area contributed by atoms with Crippen molar-refractivity contribution in [3.05, 3.63) is 47.1 Å². The molecule has 4 heterocycles. The largest absolute Gasteiger partial charge is 0.457 e. The maximum Gasteiger partial charge on any atom is 0.408 e. The smallest absolute Gasteiger partial charge is 0.408 e. The van der Waals surface area contributed by atoms with E-state index in [1.165, 1.54) is 6.92 Å². The summed E-state index contributed by atoms with van der Waals surface area (Å²) in [7, 11) is 3.73. The minimum Gasteiger partial charge on any atom is -0.457 e. The van der Waals surface area contributed by atoms with Crippen LogP contribution in [0.5, 0.6) is 0 Å². The Bertz CT molecular complexity index is 1820. The molecule has 13 atom stereocenters. The van der Waals surface area contributed by atoms with E-state index in [2.05, 4.69) is 10.3 Å². The van der Waals surface area contributed by atoms with Gasteiger partial charge in [0.25, 0.3) is 0 Å². The summed E-state index contributed by atoms with van der Waals surface area (Å²) in [6.45, 7) is 13.9. The molecule has 3 saturated heterocycles. The molecule has 3 aliphatic rings. The highest BCUT2D eigenvalue weighted by atomic mass is 35.5. The van der Waals surface area contributed by atoms with Crippen molar-refractivity contribution in [1.82, 2.24) is 15.2 Å². The summed E-state index contributed by atoms with van der Waals surface area (Å²) in [5.74, 6) is -5.18. The number of amides is 1. The van der Waals surface area contributed by atoms with Crippen LogP contribution in [0, 0.1) is 23.7 Å². The average Bonchev–Trinajstić information content (AvgIpc) is 3.48. The molecule has 3 fully saturated rings. The van der Waals surface area contributed by atoms with Crippen molar-refractivity contribution in [3.8, 4) is 0 Å². The molecule has 14 heteroatoms. The van der Waals surface area contributed by atoms with Crippen molar-refractivity contribution in [2.45, 2.75) is 135 Å². The third kappa shape index (κ3) is 9.71. The highest BCUT2D eigenvalue weighted by molar-refractivity contribution is 6.31. The number of ether oxygens (including phenoxy) is 5. The number of esters is 1. The number of hydrogen-bond donors (Lipinski definition) is 2. The van der Waals surface area contributed by atoms with Crippen LogP contribution in [0.4, 0.5) is 4.79 Å². The number of Topliss-reactive ketones (excluding diaryl/α,β-unsaturated/α-hetero) is 2. The van der Waals surface area contributed by atoms with E-state index in [4.69, 9.17) is 35.3 Å². The summed E-state index contributed by atoms with van der Waals surface area (Å²) < 4.78 is 31.6. The fraction of sp³-hybridized carbons (Fsp3) is 0.651. The second-order valence-corrected chi connectivity index (χ2v) is 17.3. The zero-order valence-electron chi connectivity index (χ0n) is 34.8.